The van der Waals surface area contributed by atoms with E-state index in [0.717, 1.165) is 22.1 Å². The number of hydrogen-bond donors (Lipinski definition) is 1. The minimum Gasteiger partial charge on any atom is -0.388 e. The highest BCUT2D eigenvalue weighted by atomic mass is 32.2. The van der Waals surface area contributed by atoms with E-state index in [9.17, 15) is 5.11 Å². The minimum atomic E-state index is -0.638. The first-order valence-electron chi connectivity index (χ1n) is 7.29. The number of hydrogen-bond acceptors (Lipinski definition) is 6. The van der Waals surface area contributed by atoms with Crippen molar-refractivity contribution in [1.82, 2.24) is 19.7 Å². The third-order valence-corrected chi connectivity index (χ3v) is 4.65. The Hall–Kier alpha value is -2.69. The number of aromatic nitrogens is 4. The molecule has 3 aromatic rings. The van der Waals surface area contributed by atoms with Crippen molar-refractivity contribution in [2.75, 3.05) is 5.75 Å². The summed E-state index contributed by atoms with van der Waals surface area (Å²) in [7, 11) is 1.89. The van der Waals surface area contributed by atoms with Crippen LogP contribution in [0.2, 0.25) is 0 Å². The lowest BCUT2D eigenvalue weighted by atomic mass is 10.1. The summed E-state index contributed by atoms with van der Waals surface area (Å²) in [5, 5.41) is 28.2. The van der Waals surface area contributed by atoms with Gasteiger partial charge < -0.3 is 9.67 Å². The van der Waals surface area contributed by atoms with Crippen molar-refractivity contribution >= 4 is 11.8 Å². The molecule has 1 unspecified atom stereocenters. The first-order chi connectivity index (χ1) is 11.7. The summed E-state index contributed by atoms with van der Waals surface area (Å²) in [6.07, 6.45) is 2.81. The van der Waals surface area contributed by atoms with Crippen molar-refractivity contribution in [3.63, 3.8) is 0 Å². The van der Waals surface area contributed by atoms with E-state index in [2.05, 4.69) is 21.3 Å². The number of aliphatic hydroxyl groups is 1. The topological polar surface area (TPSA) is 87.6 Å². The predicted octanol–water partition coefficient (Wildman–Crippen LogP) is 2.57. The van der Waals surface area contributed by atoms with Crippen LogP contribution in [0.15, 0.2) is 53.9 Å². The van der Waals surface area contributed by atoms with Crippen LogP contribution in [0, 0.1) is 11.3 Å². The SMILES string of the molecule is Cn1c(SCC(O)c2ccc(C#N)cc2)nnc1-c1cccnc1. The lowest BCUT2D eigenvalue weighted by molar-refractivity contribution is 0.204. The Morgan fingerprint density at radius 2 is 2.04 bits per heavy atom. The molecule has 1 N–H and O–H groups in total. The van der Waals surface area contributed by atoms with E-state index in [1.807, 2.05) is 23.7 Å². The number of rotatable bonds is 5. The quantitative estimate of drug-likeness (QED) is 0.720. The van der Waals surface area contributed by atoms with Gasteiger partial charge in [-0.25, -0.2) is 0 Å². The molecule has 0 radical (unpaired) electrons. The highest BCUT2D eigenvalue weighted by Gasteiger charge is 2.14. The van der Waals surface area contributed by atoms with E-state index in [1.165, 1.54) is 11.8 Å². The second-order valence-corrected chi connectivity index (χ2v) is 6.15. The van der Waals surface area contributed by atoms with Gasteiger partial charge in [-0.15, -0.1) is 10.2 Å². The molecule has 3 rings (SSSR count). The molecule has 0 aliphatic heterocycles. The average Bonchev–Trinajstić information content (AvgIpc) is 3.01. The van der Waals surface area contributed by atoms with Crippen molar-refractivity contribution in [2.45, 2.75) is 11.3 Å². The predicted molar refractivity (Wildman–Crippen MR) is 91.1 cm³/mol. The number of aliphatic hydroxyl groups excluding tert-OH is 1. The number of nitrogens with zero attached hydrogens (tertiary/aromatic N) is 5. The number of benzene rings is 1. The maximum Gasteiger partial charge on any atom is 0.191 e. The van der Waals surface area contributed by atoms with Crippen LogP contribution in [0.1, 0.15) is 17.2 Å². The van der Waals surface area contributed by atoms with Crippen LogP contribution in [0.3, 0.4) is 0 Å². The summed E-state index contributed by atoms with van der Waals surface area (Å²) in [4.78, 5) is 4.09. The Bertz CT molecular complexity index is 855. The van der Waals surface area contributed by atoms with Gasteiger partial charge in [0.25, 0.3) is 0 Å². The normalized spacial score (nSPS) is 11.9. The van der Waals surface area contributed by atoms with Gasteiger partial charge in [0.05, 0.1) is 17.7 Å². The van der Waals surface area contributed by atoms with Crippen LogP contribution in [0.5, 0.6) is 0 Å². The van der Waals surface area contributed by atoms with E-state index >= 15 is 0 Å². The molecule has 0 aliphatic rings. The van der Waals surface area contributed by atoms with Crippen LogP contribution < -0.4 is 0 Å². The molecule has 120 valence electrons. The third-order valence-electron chi connectivity index (χ3n) is 3.55. The highest BCUT2D eigenvalue weighted by molar-refractivity contribution is 7.99. The fourth-order valence-corrected chi connectivity index (χ4v) is 3.09. The highest BCUT2D eigenvalue weighted by Crippen LogP contribution is 2.26. The number of nitriles is 1. The van der Waals surface area contributed by atoms with Crippen LogP contribution in [0.25, 0.3) is 11.4 Å². The summed E-state index contributed by atoms with van der Waals surface area (Å²) < 4.78 is 1.88. The molecule has 0 amide bonds. The van der Waals surface area contributed by atoms with Gasteiger partial charge in [0.15, 0.2) is 11.0 Å². The summed E-state index contributed by atoms with van der Waals surface area (Å²) >= 11 is 1.43. The zero-order valence-corrected chi connectivity index (χ0v) is 13.8. The average molecular weight is 337 g/mol. The van der Waals surface area contributed by atoms with Crippen LogP contribution >= 0.6 is 11.8 Å². The van der Waals surface area contributed by atoms with E-state index in [1.54, 1.807) is 36.7 Å². The van der Waals surface area contributed by atoms with Crippen LogP contribution in [0.4, 0.5) is 0 Å². The number of thioether (sulfide) groups is 1. The Morgan fingerprint density at radius 1 is 1.25 bits per heavy atom. The third kappa shape index (κ3) is 3.45. The van der Waals surface area contributed by atoms with Gasteiger partial charge in [-0.2, -0.15) is 5.26 Å². The fourth-order valence-electron chi connectivity index (χ4n) is 2.22. The van der Waals surface area contributed by atoms with Crippen molar-refractivity contribution in [2.24, 2.45) is 7.05 Å². The summed E-state index contributed by atoms with van der Waals surface area (Å²) in [5.74, 6) is 1.18. The molecular weight excluding hydrogens is 322 g/mol. The largest absolute Gasteiger partial charge is 0.388 e. The van der Waals surface area contributed by atoms with E-state index in [4.69, 9.17) is 5.26 Å². The first kappa shape index (κ1) is 16.2. The Kier molecular flexibility index (Phi) is 4.89. The van der Waals surface area contributed by atoms with E-state index in [0.29, 0.717) is 11.3 Å². The summed E-state index contributed by atoms with van der Waals surface area (Å²) in [6, 6.07) is 12.8. The standard InChI is InChI=1S/C17H15N5OS/c1-22-16(14-3-2-8-19-10-14)20-21-17(22)24-11-15(23)13-6-4-12(9-18)5-7-13/h2-8,10,15,23H,11H2,1H3. The zero-order chi connectivity index (χ0) is 16.9. The molecule has 0 fully saturated rings. The van der Waals surface area contributed by atoms with Gasteiger partial charge in [-0.3, -0.25) is 4.98 Å². The lowest BCUT2D eigenvalue weighted by Gasteiger charge is -2.10. The first-order valence-corrected chi connectivity index (χ1v) is 8.28. The molecule has 2 aromatic heterocycles. The van der Waals surface area contributed by atoms with Crippen LogP contribution in [-0.4, -0.2) is 30.6 Å². The van der Waals surface area contributed by atoms with Gasteiger partial charge in [0.1, 0.15) is 0 Å². The minimum absolute atomic E-state index is 0.449. The number of pyridine rings is 1. The molecule has 2 heterocycles. The molecule has 6 nitrogen and oxygen atoms in total. The monoisotopic (exact) mass is 337 g/mol. The Labute approximate surface area is 143 Å². The molecule has 0 saturated heterocycles. The Balaban J connectivity index is 1.68. The maximum atomic E-state index is 10.3. The molecule has 0 spiro atoms. The smallest absolute Gasteiger partial charge is 0.191 e. The van der Waals surface area contributed by atoms with Crippen LogP contribution in [-0.2, 0) is 7.05 Å². The van der Waals surface area contributed by atoms with E-state index in [-0.39, 0.29) is 0 Å². The van der Waals surface area contributed by atoms with Crippen molar-refractivity contribution in [3.05, 3.63) is 59.9 Å². The lowest BCUT2D eigenvalue weighted by Crippen LogP contribution is -2.02. The second-order valence-electron chi connectivity index (χ2n) is 5.17. The molecule has 1 aromatic carbocycles. The molecule has 0 saturated carbocycles. The fraction of sp³-hybridized carbons (Fsp3) is 0.176. The van der Waals surface area contributed by atoms with Gasteiger partial charge in [-0.05, 0) is 29.8 Å². The van der Waals surface area contributed by atoms with E-state index < -0.39 is 6.10 Å². The summed E-state index contributed by atoms with van der Waals surface area (Å²) in [5.41, 5.74) is 2.25. The molecule has 0 bridgehead atoms. The van der Waals surface area contributed by atoms with Gasteiger partial charge in [0.2, 0.25) is 0 Å². The second kappa shape index (κ2) is 7.25. The molecular formula is C17H15N5OS. The maximum absolute atomic E-state index is 10.3. The van der Waals surface area contributed by atoms with Crippen molar-refractivity contribution in [3.8, 4) is 17.5 Å². The molecule has 24 heavy (non-hydrogen) atoms. The molecule has 1 atom stereocenters. The summed E-state index contributed by atoms with van der Waals surface area (Å²) in [6.45, 7) is 0. The molecule has 0 aliphatic carbocycles. The Morgan fingerprint density at radius 3 is 2.71 bits per heavy atom. The van der Waals surface area contributed by atoms with Gasteiger partial charge in [0, 0.05) is 30.8 Å². The molecule has 7 heteroatoms. The van der Waals surface area contributed by atoms with Crippen molar-refractivity contribution < 1.29 is 5.11 Å². The zero-order valence-electron chi connectivity index (χ0n) is 13.0. The van der Waals surface area contributed by atoms with Gasteiger partial charge >= 0.3 is 0 Å². The van der Waals surface area contributed by atoms with Crippen molar-refractivity contribution in [1.29, 1.82) is 5.26 Å². The van der Waals surface area contributed by atoms with Gasteiger partial charge in [-0.1, -0.05) is 23.9 Å².